The van der Waals surface area contributed by atoms with E-state index in [1.54, 1.807) is 0 Å². The molecule has 0 unspecified atom stereocenters. The molecule has 0 aliphatic carbocycles. The topological polar surface area (TPSA) is 113 Å². The van der Waals surface area contributed by atoms with E-state index in [0.717, 1.165) is 0 Å². The van der Waals surface area contributed by atoms with Crippen LogP contribution >= 0.6 is 0 Å². The smallest absolute Gasteiger partial charge is 0.784 e. The molecular weight excluding hydrogens is 204 g/mol. The van der Waals surface area contributed by atoms with Gasteiger partial charge in [0.25, 0.3) is 0 Å². The van der Waals surface area contributed by atoms with Crippen LogP contribution in [0.15, 0.2) is 5.34 Å². The summed E-state index contributed by atoms with van der Waals surface area (Å²) in [6.07, 6.45) is 0. The molecule has 0 saturated carbocycles. The van der Waals surface area contributed by atoms with E-state index in [1.165, 1.54) is 5.34 Å². The summed E-state index contributed by atoms with van der Waals surface area (Å²) in [6, 6.07) is 0. The van der Waals surface area contributed by atoms with Gasteiger partial charge in [0, 0.05) is 0 Å². The normalized spacial score (nSPS) is 5.22. The Bertz CT molecular complexity index is 62.0. The third kappa shape index (κ3) is 109. The molecule has 0 atom stereocenters. The van der Waals surface area contributed by atoms with Crippen LogP contribution in [0.3, 0.4) is 0 Å². The zero-order valence-corrected chi connectivity index (χ0v) is 12.0. The Morgan fingerprint density at radius 2 is 1.33 bits per heavy atom. The van der Waals surface area contributed by atoms with Gasteiger partial charge in [-0.25, -0.2) is 0 Å². The van der Waals surface area contributed by atoms with E-state index < -0.39 is 11.4 Å². The molecule has 0 aromatic rings. The molecule has 0 aliphatic heterocycles. The second kappa shape index (κ2) is 22.4. The van der Waals surface area contributed by atoms with Gasteiger partial charge in [0.2, 0.25) is 0 Å². The summed E-state index contributed by atoms with van der Waals surface area (Å²) < 4.78 is 25.3. The van der Waals surface area contributed by atoms with E-state index in [1.807, 2.05) is 0 Å². The molecule has 1 N–H and O–H groups in total. The zero-order chi connectivity index (χ0) is 6.28. The van der Waals surface area contributed by atoms with E-state index in [9.17, 15) is 0 Å². The van der Waals surface area contributed by atoms with Gasteiger partial charge in [-0.05, 0) is 0 Å². The maximum atomic E-state index is 8.44. The molecule has 9 heavy (non-hydrogen) atoms. The Balaban J connectivity index is -0.0000000233. The van der Waals surface area contributed by atoms with Crippen LogP contribution in [0.1, 0.15) is 0 Å². The van der Waals surface area contributed by atoms with Crippen molar-refractivity contribution in [2.75, 3.05) is 0 Å². The van der Waals surface area contributed by atoms with Crippen molar-refractivity contribution in [3.05, 3.63) is 4.91 Å². The average molecular weight is 205 g/mol. The van der Waals surface area contributed by atoms with Crippen LogP contribution in [0.2, 0.25) is 0 Å². The summed E-state index contributed by atoms with van der Waals surface area (Å²) in [7, 11) is 0. The van der Waals surface area contributed by atoms with Crippen molar-refractivity contribution in [1.29, 1.82) is 0 Å². The molecule has 0 fully saturated rings. The summed E-state index contributed by atoms with van der Waals surface area (Å²) in [6.45, 7) is 0. The Hall–Kier alpha value is 2.74. The van der Waals surface area contributed by atoms with E-state index in [-0.39, 0.29) is 103 Å². The minimum Gasteiger partial charge on any atom is -0.784 e. The van der Waals surface area contributed by atoms with Gasteiger partial charge in [0.1, 0.15) is 0 Å². The first-order valence-electron chi connectivity index (χ1n) is 0.883. The summed E-state index contributed by atoms with van der Waals surface area (Å²) in [5, 5.41) is 7.89. The van der Waals surface area contributed by atoms with Crippen LogP contribution in [0.4, 0.5) is 0 Å². The Labute approximate surface area is 139 Å². The van der Waals surface area contributed by atoms with Crippen molar-refractivity contribution in [1.82, 2.24) is 0 Å². The molecule has 0 radical (unpaired) electrons. The van der Waals surface area contributed by atoms with Gasteiger partial charge in [-0.1, -0.05) is 0 Å². The third-order valence-electron chi connectivity index (χ3n) is 0. The van der Waals surface area contributed by atoms with Crippen LogP contribution in [-0.4, -0.2) is 18.5 Å². The van der Waals surface area contributed by atoms with Crippen LogP contribution < -0.4 is 103 Å². The van der Waals surface area contributed by atoms with Crippen molar-refractivity contribution in [3.63, 3.8) is 0 Å². The number of rotatable bonds is 0. The molecule has 0 aromatic carbocycles. The molecule has 0 aliphatic rings. The van der Waals surface area contributed by atoms with Gasteiger partial charge in [-0.15, -0.1) is 16.3 Å². The summed E-state index contributed by atoms with van der Waals surface area (Å²) in [5.41, 5.74) is 0. The van der Waals surface area contributed by atoms with Gasteiger partial charge in [-0.2, -0.15) is 0 Å². The van der Waals surface area contributed by atoms with Crippen molar-refractivity contribution in [3.8, 4) is 0 Å². The summed E-state index contributed by atoms with van der Waals surface area (Å²) in [5.74, 6) is 0. The first-order chi connectivity index (χ1) is 3.15. The fourth-order valence-electron chi connectivity index (χ4n) is 0. The second-order valence-corrected chi connectivity index (χ2v) is 0.694. The molecule has 0 rings (SSSR count). The van der Waals surface area contributed by atoms with Crippen LogP contribution in [-0.2, 0) is 11.4 Å². The molecular formula is HK2NO5S. The molecule has 0 heterocycles. The maximum Gasteiger partial charge on any atom is 1.00 e. The van der Waals surface area contributed by atoms with Crippen LogP contribution in [0.25, 0.3) is 0 Å². The third-order valence-corrected chi connectivity index (χ3v) is 0. The zero-order valence-electron chi connectivity index (χ0n) is 4.94. The standard InChI is InChI=1S/2K.HNO2.H2O3S/c;;2-1-3;1-4(2)3/h;;(H,2,3);(H2,1,2,3)/q2*+1;;/p-2. The van der Waals surface area contributed by atoms with Gasteiger partial charge in [-0.3, -0.25) is 4.21 Å². The molecule has 0 spiro atoms. The summed E-state index contributed by atoms with van der Waals surface area (Å²) >= 11 is -3.11. The van der Waals surface area contributed by atoms with Gasteiger partial charge in [0.05, 0.1) is 0 Å². The van der Waals surface area contributed by atoms with E-state index >= 15 is 0 Å². The Morgan fingerprint density at radius 1 is 1.33 bits per heavy atom. The molecule has 6 nitrogen and oxygen atoms in total. The maximum absolute atomic E-state index is 8.44. The van der Waals surface area contributed by atoms with Crippen molar-refractivity contribution >= 4 is 11.4 Å². The number of nitrogens with zero attached hydrogens (tertiary/aromatic N) is 1. The summed E-state index contributed by atoms with van der Waals surface area (Å²) in [4.78, 5) is 8.11. The largest absolute Gasteiger partial charge is 1.00 e. The monoisotopic (exact) mass is 205 g/mol. The molecule has 0 saturated heterocycles. The molecule has 0 aromatic heterocycles. The minimum atomic E-state index is -3.11. The SMILES string of the molecule is O=NO.O=S([O-])[O-].[K+].[K+]. The van der Waals surface area contributed by atoms with Crippen molar-refractivity contribution < 1.29 is 121 Å². The van der Waals surface area contributed by atoms with Crippen LogP contribution in [0, 0.1) is 4.91 Å². The fraction of sp³-hybridized carbons (Fsp3) is 0. The second-order valence-electron chi connectivity index (χ2n) is 0.286. The number of hydrogen-bond donors (Lipinski definition) is 1. The minimum absolute atomic E-state index is 0. The Kier molecular flexibility index (Phi) is 56.3. The first kappa shape index (κ1) is 22.6. The van der Waals surface area contributed by atoms with Crippen LogP contribution in [0.5, 0.6) is 0 Å². The predicted molar refractivity (Wildman–Crippen MR) is 17.3 cm³/mol. The molecule has 44 valence electrons. The average Bonchev–Trinajstić information content (AvgIpc) is 1.33. The van der Waals surface area contributed by atoms with Crippen molar-refractivity contribution in [2.45, 2.75) is 0 Å². The predicted octanol–water partition coefficient (Wildman–Crippen LogP) is -6.85. The van der Waals surface area contributed by atoms with Gasteiger partial charge >= 0.3 is 103 Å². The molecule has 0 amide bonds. The first-order valence-corrected chi connectivity index (χ1v) is 1.88. The number of hydrogen-bond acceptors (Lipinski definition) is 5. The van der Waals surface area contributed by atoms with Crippen molar-refractivity contribution in [2.24, 2.45) is 5.34 Å². The van der Waals surface area contributed by atoms with E-state index in [2.05, 4.69) is 0 Å². The van der Waals surface area contributed by atoms with E-state index in [4.69, 9.17) is 23.4 Å². The van der Waals surface area contributed by atoms with Gasteiger partial charge in [0.15, 0.2) is 5.34 Å². The molecule has 9 heteroatoms. The Morgan fingerprint density at radius 3 is 1.33 bits per heavy atom. The molecule has 0 bridgehead atoms. The van der Waals surface area contributed by atoms with E-state index in [0.29, 0.717) is 0 Å². The quantitative estimate of drug-likeness (QED) is 0.183. The fourth-order valence-corrected chi connectivity index (χ4v) is 0. The van der Waals surface area contributed by atoms with Gasteiger partial charge < -0.3 is 14.3 Å².